The standard InChI is InChI=1S/C21H22ClN3O2S.C19H20ClN3OS/c1-14-9-16(11-18(10-14)27-15(2)26)13-24-5-7-25(8-6-24)21-23-19-4-3-17(22)12-20(19)28-21;1-13-8-14(10-16(24)9-13)12-22-4-6-23(7-5-22)19-21-17-3-2-15(20)11-18(17)25-19/h3-4,9-12H,5-8,13H2,1-2H3;2-3,8-11,24H,4-7,12H2,1H3. The number of halogens is 2. The Morgan fingerprint density at radius 2 is 1.15 bits per heavy atom. The first-order chi connectivity index (χ1) is 25.5. The number of carbonyl (C=O) groups is 1. The summed E-state index contributed by atoms with van der Waals surface area (Å²) in [4.78, 5) is 30.3. The third-order valence-electron chi connectivity index (χ3n) is 9.27. The number of carbonyl (C=O) groups excluding carboxylic acids is 1. The van der Waals surface area contributed by atoms with Crippen LogP contribution in [0.1, 0.15) is 29.2 Å². The Labute approximate surface area is 328 Å². The quantitative estimate of drug-likeness (QED) is 0.126. The number of nitrogens with zero attached hydrogens (tertiary/aromatic N) is 6. The topological polar surface area (TPSA) is 85.3 Å². The molecule has 2 aliphatic heterocycles. The van der Waals surface area contributed by atoms with Crippen molar-refractivity contribution in [3.8, 4) is 11.5 Å². The van der Waals surface area contributed by atoms with Gasteiger partial charge in [-0.1, -0.05) is 58.0 Å². The van der Waals surface area contributed by atoms with Crippen LogP contribution in [-0.4, -0.2) is 83.2 Å². The van der Waals surface area contributed by atoms with Crippen LogP contribution < -0.4 is 14.5 Å². The van der Waals surface area contributed by atoms with E-state index in [1.54, 1.807) is 28.7 Å². The lowest BCUT2D eigenvalue weighted by Gasteiger charge is -2.34. The molecule has 9 nitrogen and oxygen atoms in total. The Balaban J connectivity index is 0.000000165. The predicted octanol–water partition coefficient (Wildman–Crippen LogP) is 8.79. The molecule has 0 unspecified atom stereocenters. The van der Waals surface area contributed by atoms with E-state index in [9.17, 15) is 9.90 Å². The number of thiazole rings is 2. The van der Waals surface area contributed by atoms with E-state index in [-0.39, 0.29) is 5.97 Å². The van der Waals surface area contributed by atoms with E-state index in [1.165, 1.54) is 18.1 Å². The number of piperazine rings is 2. The molecular formula is C40H42Cl2N6O3S2. The van der Waals surface area contributed by atoms with Gasteiger partial charge in [0.1, 0.15) is 11.5 Å². The predicted molar refractivity (Wildman–Crippen MR) is 220 cm³/mol. The Bertz CT molecular complexity index is 2210. The average molecular weight is 790 g/mol. The second kappa shape index (κ2) is 16.6. The van der Waals surface area contributed by atoms with Crippen LogP contribution in [0.15, 0.2) is 72.8 Å². The lowest BCUT2D eigenvalue weighted by molar-refractivity contribution is -0.131. The van der Waals surface area contributed by atoms with Crippen LogP contribution in [0.5, 0.6) is 11.5 Å². The van der Waals surface area contributed by atoms with Gasteiger partial charge in [-0.2, -0.15) is 0 Å². The zero-order valence-corrected chi connectivity index (χ0v) is 33.2. The summed E-state index contributed by atoms with van der Waals surface area (Å²) >= 11 is 15.6. The highest BCUT2D eigenvalue weighted by atomic mass is 35.5. The number of esters is 1. The fourth-order valence-corrected chi connectivity index (χ4v) is 9.41. The summed E-state index contributed by atoms with van der Waals surface area (Å²) in [5, 5.41) is 13.4. The summed E-state index contributed by atoms with van der Waals surface area (Å²) < 4.78 is 7.52. The third kappa shape index (κ3) is 9.78. The van der Waals surface area contributed by atoms with Crippen molar-refractivity contribution in [1.82, 2.24) is 19.8 Å². The first-order valence-corrected chi connectivity index (χ1v) is 20.1. The van der Waals surface area contributed by atoms with Gasteiger partial charge in [-0.05, 0) is 96.8 Å². The molecule has 8 rings (SSSR count). The van der Waals surface area contributed by atoms with E-state index in [2.05, 4.69) is 31.7 Å². The lowest BCUT2D eigenvalue weighted by Crippen LogP contribution is -2.45. The molecule has 2 aliphatic rings. The minimum atomic E-state index is -0.290. The van der Waals surface area contributed by atoms with Gasteiger partial charge >= 0.3 is 5.97 Å². The van der Waals surface area contributed by atoms with E-state index in [1.807, 2.05) is 68.4 Å². The molecule has 4 heterocycles. The first kappa shape index (κ1) is 37.3. The molecule has 276 valence electrons. The fourth-order valence-electron chi connectivity index (χ4n) is 6.83. The van der Waals surface area contributed by atoms with Gasteiger partial charge in [-0.25, -0.2) is 9.97 Å². The smallest absolute Gasteiger partial charge is 0.308 e. The lowest BCUT2D eigenvalue weighted by atomic mass is 10.1. The van der Waals surface area contributed by atoms with E-state index in [0.717, 1.165) is 117 Å². The highest BCUT2D eigenvalue weighted by Gasteiger charge is 2.22. The van der Waals surface area contributed by atoms with Crippen LogP contribution in [-0.2, 0) is 17.9 Å². The van der Waals surface area contributed by atoms with Crippen LogP contribution >= 0.6 is 45.9 Å². The van der Waals surface area contributed by atoms with Crippen molar-refractivity contribution < 1.29 is 14.6 Å². The van der Waals surface area contributed by atoms with Gasteiger partial charge in [0.2, 0.25) is 0 Å². The molecule has 0 saturated carbocycles. The van der Waals surface area contributed by atoms with Crippen molar-refractivity contribution in [3.05, 3.63) is 105 Å². The minimum Gasteiger partial charge on any atom is -0.508 e. The van der Waals surface area contributed by atoms with Gasteiger partial charge in [0, 0.05) is 82.4 Å². The molecule has 0 bridgehead atoms. The molecule has 2 saturated heterocycles. The number of hydrogen-bond donors (Lipinski definition) is 1. The fraction of sp³-hybridized carbons (Fsp3) is 0.325. The van der Waals surface area contributed by atoms with Gasteiger partial charge in [-0.3, -0.25) is 14.6 Å². The van der Waals surface area contributed by atoms with E-state index in [0.29, 0.717) is 11.5 Å². The largest absolute Gasteiger partial charge is 0.508 e. The normalized spacial score (nSPS) is 15.5. The number of phenols is 1. The van der Waals surface area contributed by atoms with Crippen LogP contribution in [0.2, 0.25) is 10.0 Å². The number of anilines is 2. The minimum absolute atomic E-state index is 0.290. The summed E-state index contributed by atoms with van der Waals surface area (Å²) in [6.07, 6.45) is 0. The van der Waals surface area contributed by atoms with Crippen molar-refractivity contribution in [3.63, 3.8) is 0 Å². The number of aromatic nitrogens is 2. The van der Waals surface area contributed by atoms with Gasteiger partial charge in [-0.15, -0.1) is 0 Å². The molecule has 1 N–H and O–H groups in total. The molecule has 6 aromatic rings. The van der Waals surface area contributed by atoms with Crippen molar-refractivity contribution >= 4 is 82.5 Å². The zero-order chi connectivity index (χ0) is 37.1. The molecule has 0 aliphatic carbocycles. The average Bonchev–Trinajstić information content (AvgIpc) is 3.72. The van der Waals surface area contributed by atoms with Crippen LogP contribution in [0.4, 0.5) is 10.3 Å². The van der Waals surface area contributed by atoms with E-state index in [4.69, 9.17) is 37.9 Å². The van der Waals surface area contributed by atoms with Crippen LogP contribution in [0, 0.1) is 13.8 Å². The Morgan fingerprint density at radius 1 is 0.679 bits per heavy atom. The molecule has 2 aromatic heterocycles. The highest BCUT2D eigenvalue weighted by molar-refractivity contribution is 7.22. The number of rotatable bonds is 7. The number of benzene rings is 4. The van der Waals surface area contributed by atoms with Crippen molar-refractivity contribution in [1.29, 1.82) is 0 Å². The Kier molecular flexibility index (Phi) is 11.7. The van der Waals surface area contributed by atoms with Gasteiger partial charge < -0.3 is 19.6 Å². The Morgan fingerprint density at radius 3 is 1.62 bits per heavy atom. The summed E-state index contributed by atoms with van der Waals surface area (Å²) in [5.74, 6) is 0.679. The maximum absolute atomic E-state index is 11.2. The molecular weight excluding hydrogens is 748 g/mol. The molecule has 0 amide bonds. The van der Waals surface area contributed by atoms with Gasteiger partial charge in [0.15, 0.2) is 10.3 Å². The summed E-state index contributed by atoms with van der Waals surface area (Å²) in [5.41, 5.74) is 6.55. The first-order valence-electron chi connectivity index (χ1n) is 17.7. The molecule has 0 radical (unpaired) electrons. The second-order valence-electron chi connectivity index (χ2n) is 13.7. The molecule has 53 heavy (non-hydrogen) atoms. The maximum Gasteiger partial charge on any atom is 0.308 e. The Hall–Kier alpha value is -3.97. The summed E-state index contributed by atoms with van der Waals surface area (Å²) in [6, 6.07) is 23.5. The zero-order valence-electron chi connectivity index (χ0n) is 30.0. The monoisotopic (exact) mass is 788 g/mol. The molecule has 2 fully saturated rings. The van der Waals surface area contributed by atoms with Gasteiger partial charge in [0.05, 0.1) is 20.4 Å². The maximum atomic E-state index is 11.2. The number of phenolic OH excluding ortho intramolecular Hbond substituents is 1. The summed E-state index contributed by atoms with van der Waals surface area (Å²) in [6.45, 7) is 14.9. The molecule has 0 atom stereocenters. The van der Waals surface area contributed by atoms with E-state index >= 15 is 0 Å². The van der Waals surface area contributed by atoms with E-state index < -0.39 is 0 Å². The van der Waals surface area contributed by atoms with Crippen molar-refractivity contribution in [2.75, 3.05) is 62.2 Å². The van der Waals surface area contributed by atoms with Crippen LogP contribution in [0.3, 0.4) is 0 Å². The number of aryl methyl sites for hydroxylation is 2. The third-order valence-corrected chi connectivity index (χ3v) is 11.9. The van der Waals surface area contributed by atoms with Gasteiger partial charge in [0.25, 0.3) is 0 Å². The molecule has 0 spiro atoms. The number of hydrogen-bond acceptors (Lipinski definition) is 11. The van der Waals surface area contributed by atoms with Crippen molar-refractivity contribution in [2.45, 2.75) is 33.9 Å². The highest BCUT2D eigenvalue weighted by Crippen LogP contribution is 2.33. The molecule has 13 heteroatoms. The van der Waals surface area contributed by atoms with Crippen LogP contribution in [0.25, 0.3) is 20.4 Å². The number of fused-ring (bicyclic) bond motifs is 2. The summed E-state index contributed by atoms with van der Waals surface area (Å²) in [7, 11) is 0. The number of aromatic hydroxyl groups is 1. The molecule has 4 aromatic carbocycles. The second-order valence-corrected chi connectivity index (χ2v) is 16.6. The van der Waals surface area contributed by atoms with Crippen molar-refractivity contribution in [2.24, 2.45) is 0 Å². The number of ether oxygens (including phenoxy) is 1. The SMILES string of the molecule is CC(=O)Oc1cc(C)cc(CN2CCN(c3nc4ccc(Cl)cc4s3)CC2)c1.Cc1cc(O)cc(CN2CCN(c3nc4ccc(Cl)cc4s3)CC2)c1.